The first kappa shape index (κ1) is 42.9. The van der Waals surface area contributed by atoms with Crippen LogP contribution in [-0.2, 0) is 47.5 Å². The van der Waals surface area contributed by atoms with E-state index >= 15 is 0 Å². The van der Waals surface area contributed by atoms with Gasteiger partial charge in [0, 0.05) is 50.0 Å². The molecule has 7 fully saturated rings. The van der Waals surface area contributed by atoms with E-state index in [0.29, 0.717) is 18.3 Å². The molecule has 0 unspecified atom stereocenters. The maximum Gasteiger partial charge on any atom is 0.331 e. The van der Waals surface area contributed by atoms with Crippen LogP contribution in [0.3, 0.4) is 0 Å². The summed E-state index contributed by atoms with van der Waals surface area (Å²) < 4.78 is 48.1. The number of hydrogen-bond donors (Lipinski definition) is 5. The third kappa shape index (κ3) is 7.60. The minimum absolute atomic E-state index is 0.00291. The molecular formula is C43H66O15. The maximum atomic E-state index is 12.8. The third-order valence-electron chi connectivity index (χ3n) is 16.1. The van der Waals surface area contributed by atoms with E-state index in [1.807, 2.05) is 6.92 Å². The van der Waals surface area contributed by atoms with Gasteiger partial charge in [-0.25, -0.2) is 4.79 Å². The first-order valence-electron chi connectivity index (χ1n) is 21.8. The van der Waals surface area contributed by atoms with E-state index in [9.17, 15) is 35.1 Å². The van der Waals surface area contributed by atoms with Crippen LogP contribution in [0, 0.1) is 34.5 Å². The summed E-state index contributed by atoms with van der Waals surface area (Å²) >= 11 is 0. The van der Waals surface area contributed by atoms with Gasteiger partial charge < -0.3 is 63.4 Å². The SMILES string of the molecule is CC(=O)O[C@@H]1C[C@]2(O)[C@@H]3CC[C@@H]4C[C@H](O[C@@H]5C[C@H](O)[C@H](O[C@@H]6C[C@H](O)[C@H](O[C@@H]7C[C@H](O)[C@H](O)[C@H](C)O7)[C@H](C)O6)[C@H](C)O5)CC[C@]4(C)[C@H]3CC[C@@]2(C)[C@H]1C1=CC(=O)OC1. The van der Waals surface area contributed by atoms with Crippen LogP contribution in [0.25, 0.3) is 0 Å². The summed E-state index contributed by atoms with van der Waals surface area (Å²) in [5, 5.41) is 55.4. The molecular weight excluding hydrogens is 756 g/mol. The van der Waals surface area contributed by atoms with E-state index in [1.54, 1.807) is 13.8 Å². The smallest absolute Gasteiger partial charge is 0.331 e. The number of fused-ring (bicyclic) bond motifs is 5. The zero-order chi connectivity index (χ0) is 41.5. The molecule has 0 radical (unpaired) electrons. The normalized spacial score (nSPS) is 53.2. The molecule has 0 spiro atoms. The van der Waals surface area contributed by atoms with Crippen LogP contribution in [0.4, 0.5) is 0 Å². The number of rotatable bonds is 8. The first-order chi connectivity index (χ1) is 27.4. The van der Waals surface area contributed by atoms with Crippen molar-refractivity contribution in [3.63, 3.8) is 0 Å². The van der Waals surface area contributed by atoms with Gasteiger partial charge >= 0.3 is 11.9 Å². The molecule has 0 bridgehead atoms. The highest BCUT2D eigenvalue weighted by molar-refractivity contribution is 5.85. The Hall–Kier alpha value is -1.76. The number of aliphatic hydroxyl groups excluding tert-OH is 4. The molecule has 328 valence electrons. The molecule has 4 saturated carbocycles. The van der Waals surface area contributed by atoms with Gasteiger partial charge in [0.1, 0.15) is 31.0 Å². The molecule has 15 nitrogen and oxygen atoms in total. The molecule has 8 rings (SSSR count). The molecule has 58 heavy (non-hydrogen) atoms. The fraction of sp³-hybridized carbons (Fsp3) is 0.907. The Labute approximate surface area is 341 Å². The van der Waals surface area contributed by atoms with E-state index in [-0.39, 0.29) is 61.2 Å². The number of hydrogen-bond acceptors (Lipinski definition) is 15. The Bertz CT molecular complexity index is 1520. The van der Waals surface area contributed by atoms with Crippen molar-refractivity contribution in [2.45, 2.75) is 204 Å². The number of esters is 2. The number of carbonyl (C=O) groups excluding carboxylic acids is 2. The highest BCUT2D eigenvalue weighted by atomic mass is 16.7. The Balaban J connectivity index is 0.848. The molecule has 4 aliphatic heterocycles. The third-order valence-corrected chi connectivity index (χ3v) is 16.1. The summed E-state index contributed by atoms with van der Waals surface area (Å²) in [5.74, 6) is -0.330. The average molecular weight is 823 g/mol. The molecule has 4 aliphatic carbocycles. The molecule has 21 atom stereocenters. The molecule has 8 aliphatic rings. The van der Waals surface area contributed by atoms with Crippen molar-refractivity contribution in [1.82, 2.24) is 0 Å². The Morgan fingerprint density at radius 1 is 0.759 bits per heavy atom. The Morgan fingerprint density at radius 3 is 1.93 bits per heavy atom. The highest BCUT2D eigenvalue weighted by Gasteiger charge is 2.71. The lowest BCUT2D eigenvalue weighted by Gasteiger charge is -2.63. The summed E-state index contributed by atoms with van der Waals surface area (Å²) in [5.41, 5.74) is -0.805. The van der Waals surface area contributed by atoms with Gasteiger partial charge in [-0.1, -0.05) is 13.8 Å². The van der Waals surface area contributed by atoms with Crippen LogP contribution in [0.2, 0.25) is 0 Å². The van der Waals surface area contributed by atoms with Gasteiger partial charge in [0.05, 0.1) is 48.3 Å². The van der Waals surface area contributed by atoms with Gasteiger partial charge in [0.15, 0.2) is 18.9 Å². The summed E-state index contributed by atoms with van der Waals surface area (Å²) in [7, 11) is 0. The summed E-state index contributed by atoms with van der Waals surface area (Å²) in [4.78, 5) is 24.4. The van der Waals surface area contributed by atoms with Crippen molar-refractivity contribution >= 4 is 11.9 Å². The van der Waals surface area contributed by atoms with E-state index < -0.39 is 90.9 Å². The second-order valence-electron chi connectivity index (χ2n) is 19.5. The standard InChI is InChI=1S/C43H66O15/c1-20-38(49)29(45)15-35(52-20)57-40-22(3)54-36(17-31(40)47)58-39-21(2)53-34(16-30(39)46)56-26-9-11-41(5)25(14-26)7-8-28-27(41)10-12-42(6)37(24-13-33(48)51-19-24)32(55-23(4)44)18-43(28,42)50/h13,20-22,25-32,34-40,45-47,49-50H,7-12,14-19H2,1-6H3/t20-,21-,22-,25+,26+,27-,28+,29-,30-,31-,32+,34+,35+,36+,37-,38+,39+,40+,41-,42-,43-/m0/s1. The summed E-state index contributed by atoms with van der Waals surface area (Å²) in [6.45, 7) is 11.3. The Kier molecular flexibility index (Phi) is 12.0. The zero-order valence-corrected chi connectivity index (χ0v) is 34.8. The van der Waals surface area contributed by atoms with E-state index in [1.165, 1.54) is 13.0 Å². The zero-order valence-electron chi connectivity index (χ0n) is 34.8. The Morgan fingerprint density at radius 2 is 1.36 bits per heavy atom. The van der Waals surface area contributed by atoms with Gasteiger partial charge in [0.2, 0.25) is 0 Å². The summed E-state index contributed by atoms with van der Waals surface area (Å²) in [6, 6.07) is 0. The fourth-order valence-corrected chi connectivity index (χ4v) is 13.2. The van der Waals surface area contributed by atoms with E-state index in [4.69, 9.17) is 37.9 Å². The van der Waals surface area contributed by atoms with Crippen molar-refractivity contribution < 1.29 is 73.0 Å². The molecule has 0 aromatic heterocycles. The van der Waals surface area contributed by atoms with Gasteiger partial charge in [-0.3, -0.25) is 4.79 Å². The maximum absolute atomic E-state index is 12.8. The van der Waals surface area contributed by atoms with Crippen LogP contribution in [0.15, 0.2) is 11.6 Å². The van der Waals surface area contributed by atoms with Crippen LogP contribution in [-0.4, -0.2) is 136 Å². The lowest BCUT2D eigenvalue weighted by molar-refractivity contribution is -0.336. The van der Waals surface area contributed by atoms with Crippen molar-refractivity contribution in [1.29, 1.82) is 0 Å². The van der Waals surface area contributed by atoms with Gasteiger partial charge in [-0.05, 0) is 94.5 Å². The van der Waals surface area contributed by atoms with Gasteiger partial charge in [-0.15, -0.1) is 0 Å². The molecule has 0 aromatic carbocycles. The van der Waals surface area contributed by atoms with Crippen LogP contribution < -0.4 is 0 Å². The molecule has 15 heteroatoms. The quantitative estimate of drug-likeness (QED) is 0.176. The first-order valence-corrected chi connectivity index (χ1v) is 21.8. The number of cyclic esters (lactones) is 1. The molecule has 3 saturated heterocycles. The number of aliphatic hydroxyl groups is 5. The van der Waals surface area contributed by atoms with Crippen molar-refractivity contribution in [2.24, 2.45) is 34.5 Å². The van der Waals surface area contributed by atoms with Crippen LogP contribution in [0.5, 0.6) is 0 Å². The molecule has 5 N–H and O–H groups in total. The van der Waals surface area contributed by atoms with Gasteiger partial charge in [-0.2, -0.15) is 0 Å². The summed E-state index contributed by atoms with van der Waals surface area (Å²) in [6.07, 6.45) is -1.36. The average Bonchev–Trinajstić information content (AvgIpc) is 3.66. The second kappa shape index (κ2) is 16.2. The predicted octanol–water partition coefficient (Wildman–Crippen LogP) is 2.79. The van der Waals surface area contributed by atoms with Gasteiger partial charge in [0.25, 0.3) is 0 Å². The van der Waals surface area contributed by atoms with Crippen LogP contribution >= 0.6 is 0 Å². The van der Waals surface area contributed by atoms with E-state index in [0.717, 1.165) is 50.5 Å². The minimum Gasteiger partial charge on any atom is -0.462 e. The van der Waals surface area contributed by atoms with E-state index in [2.05, 4.69) is 13.8 Å². The monoisotopic (exact) mass is 822 g/mol. The largest absolute Gasteiger partial charge is 0.462 e. The molecule has 0 aromatic rings. The second-order valence-corrected chi connectivity index (χ2v) is 19.5. The number of ether oxygens (including phenoxy) is 8. The lowest BCUT2D eigenvalue weighted by atomic mass is 9.43. The molecule has 4 heterocycles. The van der Waals surface area contributed by atoms with Crippen molar-refractivity contribution in [3.8, 4) is 0 Å². The fourth-order valence-electron chi connectivity index (χ4n) is 13.2. The molecule has 0 amide bonds. The lowest BCUT2D eigenvalue weighted by Crippen LogP contribution is -2.62. The van der Waals surface area contributed by atoms with Crippen molar-refractivity contribution in [2.75, 3.05) is 6.61 Å². The predicted molar refractivity (Wildman–Crippen MR) is 202 cm³/mol. The highest BCUT2D eigenvalue weighted by Crippen LogP contribution is 2.70. The van der Waals surface area contributed by atoms with Crippen LogP contribution in [0.1, 0.15) is 112 Å². The topological polar surface area (TPSA) is 209 Å². The number of carbonyl (C=O) groups is 2. The minimum atomic E-state index is -1.05. The van der Waals surface area contributed by atoms with Crippen molar-refractivity contribution in [3.05, 3.63) is 11.6 Å².